The Balaban J connectivity index is 1.58. The van der Waals surface area contributed by atoms with Crippen molar-refractivity contribution < 1.29 is 9.59 Å². The molecule has 154 valence electrons. The number of hydrogen-bond acceptors (Lipinski definition) is 4. The van der Waals surface area contributed by atoms with Gasteiger partial charge in [0.25, 0.3) is 0 Å². The van der Waals surface area contributed by atoms with Gasteiger partial charge < -0.3 is 21.3 Å². The monoisotopic (exact) mass is 438 g/mol. The largest absolute Gasteiger partial charge is 0.323 e. The van der Waals surface area contributed by atoms with Crippen LogP contribution in [0.4, 0.5) is 32.3 Å². The van der Waals surface area contributed by atoms with Crippen molar-refractivity contribution in [2.45, 2.75) is 9.79 Å². The number of hydrogen-bond donors (Lipinski definition) is 4. The summed E-state index contributed by atoms with van der Waals surface area (Å²) in [6, 6.07) is 21.4. The number of carbonyl (C=O) groups excluding carboxylic acids is 2. The minimum Gasteiger partial charge on any atom is -0.308 e. The highest BCUT2D eigenvalue weighted by Gasteiger charge is 2.07. The topological polar surface area (TPSA) is 82.3 Å². The molecule has 0 saturated carbocycles. The van der Waals surface area contributed by atoms with Gasteiger partial charge in [0.15, 0.2) is 0 Å². The SMILES string of the molecule is CSc1cccc(NC(=O)Nc2cccc(NC(=O)Nc3cccc(SC)c3)c2)c1. The molecule has 0 aliphatic rings. The van der Waals surface area contributed by atoms with E-state index in [9.17, 15) is 9.59 Å². The summed E-state index contributed by atoms with van der Waals surface area (Å²) in [7, 11) is 0. The molecule has 3 aromatic rings. The van der Waals surface area contributed by atoms with Crippen molar-refractivity contribution in [3.05, 3.63) is 72.8 Å². The van der Waals surface area contributed by atoms with Crippen LogP contribution in [0.25, 0.3) is 0 Å². The first kappa shape index (κ1) is 21.6. The van der Waals surface area contributed by atoms with E-state index in [2.05, 4.69) is 21.3 Å². The minimum absolute atomic E-state index is 0.358. The summed E-state index contributed by atoms with van der Waals surface area (Å²) < 4.78 is 0. The lowest BCUT2D eigenvalue weighted by molar-refractivity contribution is 0.261. The number of carbonyl (C=O) groups is 2. The molecule has 0 saturated heterocycles. The van der Waals surface area contributed by atoms with E-state index < -0.39 is 0 Å². The Bertz CT molecular complexity index is 964. The van der Waals surface area contributed by atoms with E-state index in [4.69, 9.17) is 0 Å². The van der Waals surface area contributed by atoms with Gasteiger partial charge in [0.2, 0.25) is 0 Å². The van der Waals surface area contributed by atoms with Crippen LogP contribution >= 0.6 is 23.5 Å². The summed E-state index contributed by atoms with van der Waals surface area (Å²) in [5.74, 6) is 0. The molecule has 0 aliphatic carbocycles. The van der Waals surface area contributed by atoms with Crippen molar-refractivity contribution >= 4 is 58.3 Å². The summed E-state index contributed by atoms with van der Waals surface area (Å²) in [6.07, 6.45) is 3.96. The van der Waals surface area contributed by atoms with Crippen LogP contribution in [0.5, 0.6) is 0 Å². The Morgan fingerprint density at radius 1 is 0.567 bits per heavy atom. The van der Waals surface area contributed by atoms with Gasteiger partial charge in [0.1, 0.15) is 0 Å². The smallest absolute Gasteiger partial charge is 0.308 e. The molecule has 6 nitrogen and oxygen atoms in total. The highest BCUT2D eigenvalue weighted by Crippen LogP contribution is 2.21. The second kappa shape index (κ2) is 10.6. The summed E-state index contributed by atoms with van der Waals surface area (Å²) in [6.45, 7) is 0. The second-order valence-electron chi connectivity index (χ2n) is 6.20. The Hall–Kier alpha value is -3.10. The lowest BCUT2D eigenvalue weighted by Crippen LogP contribution is -2.21. The zero-order chi connectivity index (χ0) is 21.3. The molecule has 0 aromatic heterocycles. The quantitative estimate of drug-likeness (QED) is 0.335. The maximum atomic E-state index is 12.3. The van der Waals surface area contributed by atoms with Crippen LogP contribution in [-0.4, -0.2) is 24.6 Å². The first-order valence-corrected chi connectivity index (χ1v) is 11.5. The molecule has 0 aliphatic heterocycles. The average molecular weight is 439 g/mol. The van der Waals surface area contributed by atoms with Crippen LogP contribution < -0.4 is 21.3 Å². The summed E-state index contributed by atoms with van der Waals surface area (Å²) >= 11 is 3.21. The second-order valence-corrected chi connectivity index (χ2v) is 7.96. The van der Waals surface area contributed by atoms with Crippen molar-refractivity contribution in [3.63, 3.8) is 0 Å². The van der Waals surface area contributed by atoms with E-state index in [0.29, 0.717) is 22.7 Å². The van der Waals surface area contributed by atoms with Gasteiger partial charge in [0.05, 0.1) is 0 Å². The molecule has 4 amide bonds. The normalized spacial score (nSPS) is 10.2. The lowest BCUT2D eigenvalue weighted by Gasteiger charge is -2.11. The molecule has 0 bridgehead atoms. The number of nitrogens with one attached hydrogen (secondary N) is 4. The maximum Gasteiger partial charge on any atom is 0.323 e. The average Bonchev–Trinajstić information content (AvgIpc) is 2.74. The molecule has 3 aromatic carbocycles. The number of benzene rings is 3. The van der Waals surface area contributed by atoms with Gasteiger partial charge in [-0.3, -0.25) is 0 Å². The highest BCUT2D eigenvalue weighted by molar-refractivity contribution is 7.98. The van der Waals surface area contributed by atoms with Gasteiger partial charge in [-0.05, 0) is 67.1 Å². The predicted octanol–water partition coefficient (Wildman–Crippen LogP) is 6.42. The number of anilines is 4. The van der Waals surface area contributed by atoms with Crippen molar-refractivity contribution in [2.24, 2.45) is 0 Å². The van der Waals surface area contributed by atoms with E-state index in [1.807, 2.05) is 61.0 Å². The minimum atomic E-state index is -0.358. The number of rotatable bonds is 6. The standard InChI is InChI=1S/C22H22N4O2S2/c1-29-19-10-4-8-17(13-19)25-21(27)23-15-6-3-7-16(12-15)24-22(28)26-18-9-5-11-20(14-18)30-2/h3-14H,1-2H3,(H2,23,25,27)(H2,24,26,28). The van der Waals surface area contributed by atoms with Gasteiger partial charge in [-0.25, -0.2) is 9.59 Å². The van der Waals surface area contributed by atoms with E-state index in [1.165, 1.54) is 0 Å². The van der Waals surface area contributed by atoms with Crippen LogP contribution in [0.15, 0.2) is 82.6 Å². The molecule has 0 radical (unpaired) electrons. The molecule has 8 heteroatoms. The zero-order valence-electron chi connectivity index (χ0n) is 16.6. The Morgan fingerprint density at radius 3 is 1.27 bits per heavy atom. The maximum absolute atomic E-state index is 12.3. The fraction of sp³-hybridized carbons (Fsp3) is 0.0909. The molecular weight excluding hydrogens is 416 g/mol. The van der Waals surface area contributed by atoms with Crippen LogP contribution in [0, 0.1) is 0 Å². The third kappa shape index (κ3) is 6.47. The van der Waals surface area contributed by atoms with Crippen molar-refractivity contribution in [1.29, 1.82) is 0 Å². The van der Waals surface area contributed by atoms with E-state index >= 15 is 0 Å². The van der Waals surface area contributed by atoms with Crippen molar-refractivity contribution in [2.75, 3.05) is 33.8 Å². The summed E-state index contributed by atoms with van der Waals surface area (Å²) in [5, 5.41) is 11.2. The Morgan fingerprint density at radius 2 is 0.900 bits per heavy atom. The first-order chi connectivity index (χ1) is 14.6. The van der Waals surface area contributed by atoms with E-state index in [-0.39, 0.29) is 12.1 Å². The molecule has 0 fully saturated rings. The van der Waals surface area contributed by atoms with Crippen LogP contribution in [0.1, 0.15) is 0 Å². The molecule has 0 spiro atoms. The van der Waals surface area contributed by atoms with Gasteiger partial charge >= 0.3 is 12.1 Å². The third-order valence-corrected chi connectivity index (χ3v) is 5.48. The van der Waals surface area contributed by atoms with Gasteiger partial charge in [-0.2, -0.15) is 0 Å². The third-order valence-electron chi connectivity index (χ3n) is 4.03. The van der Waals surface area contributed by atoms with Crippen LogP contribution in [0.3, 0.4) is 0 Å². The Kier molecular flexibility index (Phi) is 7.64. The highest BCUT2D eigenvalue weighted by atomic mass is 32.2. The molecular formula is C22H22N4O2S2. The molecule has 0 unspecified atom stereocenters. The van der Waals surface area contributed by atoms with Crippen LogP contribution in [0.2, 0.25) is 0 Å². The van der Waals surface area contributed by atoms with E-state index in [0.717, 1.165) is 9.79 Å². The number of amides is 4. The summed E-state index contributed by atoms with van der Waals surface area (Å²) in [5.41, 5.74) is 2.55. The molecule has 0 atom stereocenters. The molecule has 3 rings (SSSR count). The molecule has 30 heavy (non-hydrogen) atoms. The lowest BCUT2D eigenvalue weighted by atomic mass is 10.2. The zero-order valence-corrected chi connectivity index (χ0v) is 18.2. The van der Waals surface area contributed by atoms with E-state index in [1.54, 1.807) is 47.8 Å². The molecule has 4 N–H and O–H groups in total. The molecule has 0 heterocycles. The van der Waals surface area contributed by atoms with Gasteiger partial charge in [-0.15, -0.1) is 23.5 Å². The fourth-order valence-electron chi connectivity index (χ4n) is 2.66. The van der Waals surface area contributed by atoms with Crippen molar-refractivity contribution in [1.82, 2.24) is 0 Å². The number of thioether (sulfide) groups is 2. The summed E-state index contributed by atoms with van der Waals surface area (Å²) in [4.78, 5) is 26.7. The predicted molar refractivity (Wildman–Crippen MR) is 128 cm³/mol. The van der Waals surface area contributed by atoms with Crippen molar-refractivity contribution in [3.8, 4) is 0 Å². The van der Waals surface area contributed by atoms with Crippen LogP contribution in [-0.2, 0) is 0 Å². The Labute approximate surface area is 184 Å². The van der Waals surface area contributed by atoms with Gasteiger partial charge in [0, 0.05) is 32.5 Å². The fourth-order valence-corrected chi connectivity index (χ4v) is 3.58. The number of urea groups is 2. The van der Waals surface area contributed by atoms with Gasteiger partial charge in [-0.1, -0.05) is 18.2 Å². The first-order valence-electron chi connectivity index (χ1n) is 9.10.